The SMILES string of the molecule is O=C1/C(=C\c2cccc(F)c2)SC(=S)N1C(=O)c1ccccc1I. The monoisotopic (exact) mass is 469 g/mol. The zero-order chi connectivity index (χ0) is 17.3. The van der Waals surface area contributed by atoms with Crippen LogP contribution >= 0.6 is 46.6 Å². The molecule has 0 bridgehead atoms. The highest BCUT2D eigenvalue weighted by Crippen LogP contribution is 2.34. The number of thiocarbonyl (C=S) groups is 1. The number of carbonyl (C=O) groups excluding carboxylic acids is 2. The van der Waals surface area contributed by atoms with Crippen molar-refractivity contribution in [3.8, 4) is 0 Å². The largest absolute Gasteiger partial charge is 0.273 e. The van der Waals surface area contributed by atoms with Gasteiger partial charge in [-0.25, -0.2) is 9.29 Å². The van der Waals surface area contributed by atoms with Gasteiger partial charge in [0.25, 0.3) is 11.8 Å². The molecule has 0 spiro atoms. The fourth-order valence-electron chi connectivity index (χ4n) is 2.15. The Morgan fingerprint density at radius 3 is 2.67 bits per heavy atom. The first-order valence-electron chi connectivity index (χ1n) is 6.80. The third-order valence-electron chi connectivity index (χ3n) is 3.25. The van der Waals surface area contributed by atoms with Crippen LogP contribution in [-0.2, 0) is 4.79 Å². The fourth-order valence-corrected chi connectivity index (χ4v) is 4.02. The lowest BCUT2D eigenvalue weighted by Crippen LogP contribution is -2.35. The lowest BCUT2D eigenvalue weighted by molar-refractivity contribution is -0.120. The Kier molecular flexibility index (Phi) is 5.12. The molecule has 0 aliphatic carbocycles. The van der Waals surface area contributed by atoms with Crippen molar-refractivity contribution in [3.63, 3.8) is 0 Å². The van der Waals surface area contributed by atoms with E-state index in [-0.39, 0.29) is 4.32 Å². The zero-order valence-corrected chi connectivity index (χ0v) is 15.8. The molecule has 2 aromatic carbocycles. The van der Waals surface area contributed by atoms with Gasteiger partial charge in [-0.1, -0.05) is 48.2 Å². The normalized spacial score (nSPS) is 16.1. The summed E-state index contributed by atoms with van der Waals surface area (Å²) in [6.07, 6.45) is 1.53. The van der Waals surface area contributed by atoms with Gasteiger partial charge in [0.15, 0.2) is 4.32 Å². The summed E-state index contributed by atoms with van der Waals surface area (Å²) in [4.78, 5) is 26.5. The van der Waals surface area contributed by atoms with Gasteiger partial charge in [0.05, 0.1) is 10.5 Å². The molecule has 1 aliphatic rings. The Bertz CT molecular complexity index is 898. The Labute approximate surface area is 161 Å². The summed E-state index contributed by atoms with van der Waals surface area (Å²) in [6, 6.07) is 12.9. The number of imide groups is 1. The van der Waals surface area contributed by atoms with Gasteiger partial charge in [-0.15, -0.1) is 0 Å². The van der Waals surface area contributed by atoms with Crippen molar-refractivity contribution >= 4 is 68.8 Å². The Morgan fingerprint density at radius 1 is 1.21 bits per heavy atom. The number of hydrogen-bond acceptors (Lipinski definition) is 4. The molecule has 3 rings (SSSR count). The van der Waals surface area contributed by atoms with E-state index in [1.807, 2.05) is 28.7 Å². The van der Waals surface area contributed by atoms with Gasteiger partial charge in [-0.2, -0.15) is 0 Å². The molecule has 0 N–H and O–H groups in total. The van der Waals surface area contributed by atoms with Gasteiger partial charge in [0.2, 0.25) is 0 Å². The smallest absolute Gasteiger partial charge is 0.268 e. The first-order chi connectivity index (χ1) is 11.5. The molecule has 7 heteroatoms. The number of rotatable bonds is 2. The molecule has 24 heavy (non-hydrogen) atoms. The standard InChI is InChI=1S/C17H9FINO2S2/c18-11-5-3-4-10(8-11)9-14-16(22)20(17(23)24-14)15(21)12-6-1-2-7-13(12)19/h1-9H/b14-9+. The summed E-state index contributed by atoms with van der Waals surface area (Å²) in [5, 5.41) is 0. The van der Waals surface area contributed by atoms with E-state index in [2.05, 4.69) is 0 Å². The quantitative estimate of drug-likeness (QED) is 0.282. The third-order valence-corrected chi connectivity index (χ3v) is 5.49. The van der Waals surface area contributed by atoms with E-state index in [9.17, 15) is 14.0 Å². The molecule has 3 nitrogen and oxygen atoms in total. The number of thioether (sulfide) groups is 1. The number of benzene rings is 2. The van der Waals surface area contributed by atoms with Crippen molar-refractivity contribution in [2.75, 3.05) is 0 Å². The number of hydrogen-bond donors (Lipinski definition) is 0. The molecule has 1 saturated heterocycles. The molecule has 0 atom stereocenters. The lowest BCUT2D eigenvalue weighted by Gasteiger charge is -2.13. The Hall–Kier alpha value is -1.58. The van der Waals surface area contributed by atoms with Crippen molar-refractivity contribution in [2.24, 2.45) is 0 Å². The van der Waals surface area contributed by atoms with Crippen LogP contribution in [0.1, 0.15) is 15.9 Å². The van der Waals surface area contributed by atoms with Crippen molar-refractivity contribution in [1.29, 1.82) is 0 Å². The predicted molar refractivity (Wildman–Crippen MR) is 105 cm³/mol. The lowest BCUT2D eigenvalue weighted by atomic mass is 10.2. The minimum atomic E-state index is -0.487. The van der Waals surface area contributed by atoms with E-state index in [0.717, 1.165) is 20.2 Å². The first-order valence-corrected chi connectivity index (χ1v) is 9.10. The second kappa shape index (κ2) is 7.12. The second-order valence-electron chi connectivity index (χ2n) is 4.86. The Balaban J connectivity index is 1.92. The van der Waals surface area contributed by atoms with Crippen LogP contribution in [0, 0.1) is 9.39 Å². The molecular weight excluding hydrogens is 460 g/mol. The summed E-state index contributed by atoms with van der Waals surface area (Å²) in [7, 11) is 0. The average molecular weight is 469 g/mol. The highest BCUT2D eigenvalue weighted by Gasteiger charge is 2.37. The first kappa shape index (κ1) is 17.2. The number of halogens is 2. The second-order valence-corrected chi connectivity index (χ2v) is 7.70. The number of carbonyl (C=O) groups is 2. The zero-order valence-electron chi connectivity index (χ0n) is 12.0. The Morgan fingerprint density at radius 2 is 1.96 bits per heavy atom. The number of amides is 2. The van der Waals surface area contributed by atoms with Crippen molar-refractivity contribution in [3.05, 3.63) is 74.0 Å². The van der Waals surface area contributed by atoms with Gasteiger partial charge in [-0.05, 0) is 58.5 Å². The molecular formula is C17H9FINO2S2. The van der Waals surface area contributed by atoms with Crippen LogP contribution in [0.15, 0.2) is 53.4 Å². The molecule has 1 aliphatic heterocycles. The molecule has 2 aromatic rings. The molecule has 0 radical (unpaired) electrons. The summed E-state index contributed by atoms with van der Waals surface area (Å²) in [5.74, 6) is -1.33. The highest BCUT2D eigenvalue weighted by atomic mass is 127. The molecule has 1 fully saturated rings. The molecule has 0 unspecified atom stereocenters. The van der Waals surface area contributed by atoms with Crippen molar-refractivity contribution in [2.45, 2.75) is 0 Å². The van der Waals surface area contributed by atoms with E-state index in [0.29, 0.717) is 16.0 Å². The van der Waals surface area contributed by atoms with Crippen LogP contribution in [0.25, 0.3) is 6.08 Å². The number of nitrogens with zero attached hydrogens (tertiary/aromatic N) is 1. The van der Waals surface area contributed by atoms with E-state index in [1.54, 1.807) is 30.3 Å². The fraction of sp³-hybridized carbons (Fsp3) is 0. The molecule has 1 heterocycles. The van der Waals surface area contributed by atoms with Gasteiger partial charge in [-0.3, -0.25) is 9.59 Å². The highest BCUT2D eigenvalue weighted by molar-refractivity contribution is 14.1. The van der Waals surface area contributed by atoms with E-state index in [4.69, 9.17) is 12.2 Å². The maximum Gasteiger partial charge on any atom is 0.273 e. The maximum atomic E-state index is 13.3. The van der Waals surface area contributed by atoms with Gasteiger partial charge >= 0.3 is 0 Å². The predicted octanol–water partition coefficient (Wildman–Crippen LogP) is 4.47. The topological polar surface area (TPSA) is 37.4 Å². The summed E-state index contributed by atoms with van der Waals surface area (Å²) < 4.78 is 14.2. The average Bonchev–Trinajstić information content (AvgIpc) is 2.81. The summed E-state index contributed by atoms with van der Waals surface area (Å²) >= 11 is 8.26. The minimum Gasteiger partial charge on any atom is -0.268 e. The van der Waals surface area contributed by atoms with Crippen LogP contribution < -0.4 is 0 Å². The van der Waals surface area contributed by atoms with E-state index in [1.165, 1.54) is 18.2 Å². The van der Waals surface area contributed by atoms with Gasteiger partial charge < -0.3 is 0 Å². The van der Waals surface area contributed by atoms with Gasteiger partial charge in [0.1, 0.15) is 5.82 Å². The van der Waals surface area contributed by atoms with Gasteiger partial charge in [0, 0.05) is 3.57 Å². The molecule has 120 valence electrons. The molecule has 0 saturated carbocycles. The van der Waals surface area contributed by atoms with Crippen LogP contribution in [0.5, 0.6) is 0 Å². The van der Waals surface area contributed by atoms with Crippen molar-refractivity contribution in [1.82, 2.24) is 4.90 Å². The maximum absolute atomic E-state index is 13.3. The minimum absolute atomic E-state index is 0.173. The van der Waals surface area contributed by atoms with Crippen LogP contribution in [0.4, 0.5) is 4.39 Å². The van der Waals surface area contributed by atoms with E-state index >= 15 is 0 Å². The summed E-state index contributed by atoms with van der Waals surface area (Å²) in [5.41, 5.74) is 0.957. The van der Waals surface area contributed by atoms with Crippen LogP contribution in [0.2, 0.25) is 0 Å². The third kappa shape index (κ3) is 3.42. The van der Waals surface area contributed by atoms with E-state index < -0.39 is 17.6 Å². The van der Waals surface area contributed by atoms with Crippen LogP contribution in [0.3, 0.4) is 0 Å². The molecule has 2 amide bonds. The summed E-state index contributed by atoms with van der Waals surface area (Å²) in [6.45, 7) is 0. The van der Waals surface area contributed by atoms with Crippen LogP contribution in [-0.4, -0.2) is 21.0 Å². The molecule has 0 aromatic heterocycles. The van der Waals surface area contributed by atoms with Crippen molar-refractivity contribution < 1.29 is 14.0 Å².